The molecule has 0 spiro atoms. The summed E-state index contributed by atoms with van der Waals surface area (Å²) < 4.78 is 45.9. The number of allylic oxidation sites excluding steroid dienone is 2. The summed E-state index contributed by atoms with van der Waals surface area (Å²) in [6, 6.07) is 3.41. The van der Waals surface area contributed by atoms with Crippen molar-refractivity contribution in [1.29, 1.82) is 0 Å². The van der Waals surface area contributed by atoms with Crippen LogP contribution < -0.4 is 4.74 Å². The number of hydrogen-bond donors (Lipinski definition) is 1. The van der Waals surface area contributed by atoms with E-state index in [0.717, 1.165) is 5.56 Å². The first-order valence-corrected chi connectivity index (χ1v) is 9.05. The standard InChI is InChI=1S/C17H15Br2F3O3/c18-13-7-10(5-6-15(23)24)8-14(19)16(13)25-9-11-3-1-2-4-12(11)17(20,21)22/h1,3,7-8H,2,4-6,9H2,(H,23,24). The Balaban J connectivity index is 2.16. The number of halogens is 5. The topological polar surface area (TPSA) is 46.5 Å². The second kappa shape index (κ2) is 8.40. The van der Waals surface area contributed by atoms with Crippen molar-refractivity contribution < 1.29 is 27.8 Å². The minimum Gasteiger partial charge on any atom is -0.487 e. The molecular formula is C17H15Br2F3O3. The quantitative estimate of drug-likeness (QED) is 0.554. The average Bonchev–Trinajstić information content (AvgIpc) is 2.51. The lowest BCUT2D eigenvalue weighted by Crippen LogP contribution is -2.18. The molecule has 0 aromatic heterocycles. The first kappa shape index (κ1) is 20.0. The Morgan fingerprint density at radius 1 is 1.24 bits per heavy atom. The molecular weight excluding hydrogens is 469 g/mol. The normalized spacial score (nSPS) is 14.8. The predicted molar refractivity (Wildman–Crippen MR) is 94.7 cm³/mol. The van der Waals surface area contributed by atoms with E-state index >= 15 is 0 Å². The summed E-state index contributed by atoms with van der Waals surface area (Å²) >= 11 is 6.65. The van der Waals surface area contributed by atoms with Crippen LogP contribution in [0.3, 0.4) is 0 Å². The predicted octanol–water partition coefficient (Wildman–Crippen LogP) is 5.82. The molecule has 1 aliphatic rings. The zero-order chi connectivity index (χ0) is 18.6. The highest BCUT2D eigenvalue weighted by molar-refractivity contribution is 9.11. The Morgan fingerprint density at radius 2 is 1.88 bits per heavy atom. The van der Waals surface area contributed by atoms with Crippen LogP contribution in [-0.4, -0.2) is 23.9 Å². The lowest BCUT2D eigenvalue weighted by molar-refractivity contribution is -0.136. The molecule has 3 nitrogen and oxygen atoms in total. The molecule has 8 heteroatoms. The molecule has 1 aliphatic carbocycles. The number of benzene rings is 1. The molecule has 0 radical (unpaired) electrons. The van der Waals surface area contributed by atoms with E-state index < -0.39 is 17.7 Å². The van der Waals surface area contributed by atoms with Gasteiger partial charge in [-0.05, 0) is 74.4 Å². The van der Waals surface area contributed by atoms with E-state index in [2.05, 4.69) is 31.9 Å². The summed E-state index contributed by atoms with van der Waals surface area (Å²) in [6.45, 7) is -0.197. The van der Waals surface area contributed by atoms with Gasteiger partial charge in [0.05, 0.1) is 8.95 Å². The summed E-state index contributed by atoms with van der Waals surface area (Å²) in [7, 11) is 0. The van der Waals surface area contributed by atoms with Crippen molar-refractivity contribution in [3.8, 4) is 5.75 Å². The smallest absolute Gasteiger partial charge is 0.413 e. The van der Waals surface area contributed by atoms with E-state index in [1.54, 1.807) is 18.2 Å². The molecule has 1 aromatic rings. The molecule has 25 heavy (non-hydrogen) atoms. The van der Waals surface area contributed by atoms with Crippen LogP contribution in [0.1, 0.15) is 24.8 Å². The van der Waals surface area contributed by atoms with E-state index in [1.807, 2.05) is 0 Å². The highest BCUT2D eigenvalue weighted by Gasteiger charge is 2.36. The van der Waals surface area contributed by atoms with Crippen molar-refractivity contribution in [3.05, 3.63) is 49.9 Å². The van der Waals surface area contributed by atoms with E-state index in [-0.39, 0.29) is 25.0 Å². The SMILES string of the molecule is O=C(O)CCc1cc(Br)c(OCC2=C(C(F)(F)F)CCC=C2)c(Br)c1. The molecule has 0 heterocycles. The van der Waals surface area contributed by atoms with Gasteiger partial charge in [-0.25, -0.2) is 0 Å². The van der Waals surface area contributed by atoms with Crippen LogP contribution >= 0.6 is 31.9 Å². The van der Waals surface area contributed by atoms with E-state index in [0.29, 0.717) is 27.5 Å². The van der Waals surface area contributed by atoms with Gasteiger partial charge in [0.25, 0.3) is 0 Å². The van der Waals surface area contributed by atoms with E-state index in [9.17, 15) is 18.0 Å². The van der Waals surface area contributed by atoms with Gasteiger partial charge in [-0.3, -0.25) is 4.79 Å². The molecule has 0 aliphatic heterocycles. The summed E-state index contributed by atoms with van der Waals surface area (Å²) in [4.78, 5) is 10.6. The van der Waals surface area contributed by atoms with E-state index in [1.165, 1.54) is 6.08 Å². The fourth-order valence-electron chi connectivity index (χ4n) is 2.47. The Kier molecular flexibility index (Phi) is 6.73. The maximum Gasteiger partial charge on any atom is 0.413 e. The molecule has 0 atom stereocenters. The summed E-state index contributed by atoms with van der Waals surface area (Å²) in [5.74, 6) is -0.518. The minimum absolute atomic E-state index is 0.00823. The highest BCUT2D eigenvalue weighted by atomic mass is 79.9. The number of aliphatic carboxylic acids is 1. The number of aryl methyl sites for hydroxylation is 1. The van der Waals surface area contributed by atoms with Gasteiger partial charge >= 0.3 is 12.1 Å². The molecule has 0 saturated heterocycles. The van der Waals surface area contributed by atoms with Crippen LogP contribution in [0.2, 0.25) is 0 Å². The molecule has 1 aromatic carbocycles. The van der Waals surface area contributed by atoms with Gasteiger partial charge in [-0.2, -0.15) is 13.2 Å². The van der Waals surface area contributed by atoms with Gasteiger partial charge < -0.3 is 9.84 Å². The second-order valence-corrected chi connectivity index (χ2v) is 7.22. The Labute approximate surface area is 159 Å². The maximum atomic E-state index is 13.1. The first-order valence-electron chi connectivity index (χ1n) is 7.46. The fraction of sp³-hybridized carbons (Fsp3) is 0.353. The van der Waals surface area contributed by atoms with Crippen molar-refractivity contribution in [2.24, 2.45) is 0 Å². The van der Waals surface area contributed by atoms with Crippen LogP contribution in [0.4, 0.5) is 13.2 Å². The van der Waals surface area contributed by atoms with Gasteiger partial charge in [0, 0.05) is 12.0 Å². The molecule has 0 amide bonds. The van der Waals surface area contributed by atoms with Gasteiger partial charge in [0.1, 0.15) is 12.4 Å². The van der Waals surface area contributed by atoms with Gasteiger partial charge in [0.15, 0.2) is 0 Å². The van der Waals surface area contributed by atoms with Crippen molar-refractivity contribution in [3.63, 3.8) is 0 Å². The van der Waals surface area contributed by atoms with Crippen LogP contribution in [0, 0.1) is 0 Å². The van der Waals surface area contributed by atoms with Gasteiger partial charge in [-0.15, -0.1) is 0 Å². The molecule has 0 fully saturated rings. The Morgan fingerprint density at radius 3 is 2.44 bits per heavy atom. The Bertz CT molecular complexity index is 701. The number of ether oxygens (including phenoxy) is 1. The molecule has 2 rings (SSSR count). The zero-order valence-corrected chi connectivity index (χ0v) is 16.2. The van der Waals surface area contributed by atoms with Gasteiger partial charge in [-0.1, -0.05) is 12.2 Å². The van der Waals surface area contributed by atoms with Crippen LogP contribution in [0.25, 0.3) is 0 Å². The number of carboxylic acid groups (broad SMARTS) is 1. The minimum atomic E-state index is -4.36. The molecule has 1 N–H and O–H groups in total. The van der Waals surface area contributed by atoms with Crippen molar-refractivity contribution in [2.75, 3.05) is 6.61 Å². The monoisotopic (exact) mass is 482 g/mol. The van der Waals surface area contributed by atoms with Crippen LogP contribution in [0.5, 0.6) is 5.75 Å². The summed E-state index contributed by atoms with van der Waals surface area (Å²) in [5, 5.41) is 8.74. The third-order valence-electron chi connectivity index (χ3n) is 3.67. The van der Waals surface area contributed by atoms with Crippen LogP contribution in [-0.2, 0) is 11.2 Å². The second-order valence-electron chi connectivity index (χ2n) is 5.51. The van der Waals surface area contributed by atoms with E-state index in [4.69, 9.17) is 9.84 Å². The zero-order valence-electron chi connectivity index (χ0n) is 13.0. The molecule has 0 unspecified atom stereocenters. The largest absolute Gasteiger partial charge is 0.487 e. The van der Waals surface area contributed by atoms with Crippen LogP contribution in [0.15, 0.2) is 44.4 Å². The average molecular weight is 484 g/mol. The third kappa shape index (κ3) is 5.60. The number of alkyl halides is 3. The van der Waals surface area contributed by atoms with Crippen molar-refractivity contribution in [1.82, 2.24) is 0 Å². The molecule has 136 valence electrons. The highest BCUT2D eigenvalue weighted by Crippen LogP contribution is 2.38. The third-order valence-corrected chi connectivity index (χ3v) is 4.85. The lowest BCUT2D eigenvalue weighted by atomic mass is 9.97. The number of rotatable bonds is 6. The summed E-state index contributed by atoms with van der Waals surface area (Å²) in [5.41, 5.74) is 0.342. The number of carboxylic acids is 1. The number of hydrogen-bond acceptors (Lipinski definition) is 2. The van der Waals surface area contributed by atoms with Crippen molar-refractivity contribution in [2.45, 2.75) is 31.9 Å². The maximum absolute atomic E-state index is 13.1. The molecule has 0 bridgehead atoms. The van der Waals surface area contributed by atoms with Gasteiger partial charge in [0.2, 0.25) is 0 Å². The molecule has 0 saturated carbocycles. The fourth-order valence-corrected chi connectivity index (χ4v) is 3.98. The van der Waals surface area contributed by atoms with Crippen molar-refractivity contribution >= 4 is 37.8 Å². The lowest BCUT2D eigenvalue weighted by Gasteiger charge is -2.20. The first-order chi connectivity index (χ1) is 11.7. The number of carbonyl (C=O) groups is 1. The Hall–Kier alpha value is -1.28. The summed E-state index contributed by atoms with van der Waals surface area (Å²) in [6.07, 6.45) is -0.551.